The lowest BCUT2D eigenvalue weighted by atomic mass is 10.2. The first-order valence-electron chi connectivity index (χ1n) is 5.22. The molecule has 17 heavy (non-hydrogen) atoms. The van der Waals surface area contributed by atoms with Crippen LogP contribution in [0, 0.1) is 0 Å². The number of rotatable bonds is 4. The Bertz CT molecular complexity index is 511. The molecule has 0 saturated heterocycles. The minimum atomic E-state index is -0.511. The standard InChI is InChI=1S/C14H12FNO/c1-11(15)13-7-14(9-16-8-13)17-10-12-5-3-2-4-6-12/h2-9H,1,10H2. The van der Waals surface area contributed by atoms with Crippen LogP contribution in [0.1, 0.15) is 11.1 Å². The van der Waals surface area contributed by atoms with E-state index in [-0.39, 0.29) is 0 Å². The molecule has 0 aliphatic carbocycles. The van der Waals surface area contributed by atoms with Gasteiger partial charge in [-0.25, -0.2) is 4.39 Å². The summed E-state index contributed by atoms with van der Waals surface area (Å²) in [4.78, 5) is 3.89. The van der Waals surface area contributed by atoms with Crippen LogP contribution in [0.4, 0.5) is 4.39 Å². The Balaban J connectivity index is 2.04. The fourth-order valence-electron chi connectivity index (χ4n) is 1.39. The van der Waals surface area contributed by atoms with E-state index in [0.29, 0.717) is 17.9 Å². The molecule has 86 valence electrons. The third-order valence-electron chi connectivity index (χ3n) is 2.27. The summed E-state index contributed by atoms with van der Waals surface area (Å²) < 4.78 is 18.4. The second kappa shape index (κ2) is 5.25. The van der Waals surface area contributed by atoms with Crippen molar-refractivity contribution in [3.63, 3.8) is 0 Å². The van der Waals surface area contributed by atoms with Gasteiger partial charge in [-0.05, 0) is 11.6 Å². The van der Waals surface area contributed by atoms with Crippen LogP contribution in [0.2, 0.25) is 0 Å². The van der Waals surface area contributed by atoms with Crippen LogP contribution in [0.25, 0.3) is 5.83 Å². The van der Waals surface area contributed by atoms with Gasteiger partial charge in [-0.3, -0.25) is 4.98 Å². The number of hydrogen-bond acceptors (Lipinski definition) is 2. The molecule has 2 nitrogen and oxygen atoms in total. The van der Waals surface area contributed by atoms with E-state index in [9.17, 15) is 4.39 Å². The van der Waals surface area contributed by atoms with Crippen molar-refractivity contribution in [3.8, 4) is 5.75 Å². The normalized spacial score (nSPS) is 9.94. The van der Waals surface area contributed by atoms with E-state index >= 15 is 0 Å². The molecule has 1 aromatic carbocycles. The van der Waals surface area contributed by atoms with E-state index < -0.39 is 5.83 Å². The van der Waals surface area contributed by atoms with Crippen LogP contribution in [0.15, 0.2) is 55.4 Å². The minimum Gasteiger partial charge on any atom is -0.487 e. The summed E-state index contributed by atoms with van der Waals surface area (Å²) in [6.45, 7) is 3.66. The molecule has 0 aliphatic heterocycles. The molecule has 0 atom stereocenters. The molecule has 0 N–H and O–H groups in total. The SMILES string of the molecule is C=C(F)c1cncc(OCc2ccccc2)c1. The molecule has 0 amide bonds. The maximum Gasteiger partial charge on any atom is 0.138 e. The number of benzene rings is 1. The molecule has 2 rings (SSSR count). The number of ether oxygens (including phenoxy) is 1. The van der Waals surface area contributed by atoms with E-state index in [1.165, 1.54) is 6.20 Å². The molecular formula is C14H12FNO. The average molecular weight is 229 g/mol. The van der Waals surface area contributed by atoms with Gasteiger partial charge >= 0.3 is 0 Å². The van der Waals surface area contributed by atoms with Crippen molar-refractivity contribution in [2.75, 3.05) is 0 Å². The molecule has 0 fully saturated rings. The number of nitrogens with zero attached hydrogens (tertiary/aromatic N) is 1. The first kappa shape index (κ1) is 11.3. The van der Waals surface area contributed by atoms with E-state index in [0.717, 1.165) is 5.56 Å². The zero-order chi connectivity index (χ0) is 12.1. The predicted octanol–water partition coefficient (Wildman–Crippen LogP) is 3.60. The maximum absolute atomic E-state index is 12.9. The second-order valence-electron chi connectivity index (χ2n) is 3.59. The molecule has 0 aliphatic rings. The Morgan fingerprint density at radius 3 is 2.71 bits per heavy atom. The van der Waals surface area contributed by atoms with E-state index in [2.05, 4.69) is 11.6 Å². The van der Waals surface area contributed by atoms with Crippen LogP contribution in [-0.2, 0) is 6.61 Å². The summed E-state index contributed by atoms with van der Waals surface area (Å²) in [7, 11) is 0. The van der Waals surface area contributed by atoms with Crippen molar-refractivity contribution in [2.45, 2.75) is 6.61 Å². The van der Waals surface area contributed by atoms with Crippen molar-refractivity contribution in [1.82, 2.24) is 4.98 Å². The summed E-state index contributed by atoms with van der Waals surface area (Å²) in [5.74, 6) is 0.0211. The summed E-state index contributed by atoms with van der Waals surface area (Å²) >= 11 is 0. The van der Waals surface area contributed by atoms with Gasteiger partial charge in [0, 0.05) is 11.8 Å². The molecule has 1 aromatic heterocycles. The van der Waals surface area contributed by atoms with Crippen molar-refractivity contribution in [1.29, 1.82) is 0 Å². The number of halogens is 1. The molecule has 0 unspecified atom stereocenters. The van der Waals surface area contributed by atoms with Crippen molar-refractivity contribution in [2.24, 2.45) is 0 Å². The van der Waals surface area contributed by atoms with Gasteiger partial charge in [-0.1, -0.05) is 36.9 Å². The van der Waals surface area contributed by atoms with Gasteiger partial charge in [0.15, 0.2) is 0 Å². The fraction of sp³-hybridized carbons (Fsp3) is 0.0714. The molecule has 0 bridgehead atoms. The van der Waals surface area contributed by atoms with Crippen LogP contribution in [0.3, 0.4) is 0 Å². The average Bonchev–Trinajstić information content (AvgIpc) is 2.38. The third-order valence-corrected chi connectivity index (χ3v) is 2.27. The number of pyridine rings is 1. The van der Waals surface area contributed by atoms with Crippen molar-refractivity contribution >= 4 is 5.83 Å². The Morgan fingerprint density at radius 1 is 1.24 bits per heavy atom. The topological polar surface area (TPSA) is 22.1 Å². The smallest absolute Gasteiger partial charge is 0.138 e. The van der Waals surface area contributed by atoms with Crippen molar-refractivity contribution < 1.29 is 9.13 Å². The Morgan fingerprint density at radius 2 is 2.00 bits per heavy atom. The quantitative estimate of drug-likeness (QED) is 0.799. The highest BCUT2D eigenvalue weighted by Crippen LogP contribution is 2.18. The molecule has 0 radical (unpaired) electrons. The van der Waals surface area contributed by atoms with Crippen LogP contribution in [-0.4, -0.2) is 4.98 Å². The zero-order valence-corrected chi connectivity index (χ0v) is 9.27. The summed E-state index contributed by atoms with van der Waals surface area (Å²) in [5.41, 5.74) is 1.40. The van der Waals surface area contributed by atoms with Crippen molar-refractivity contribution in [3.05, 3.63) is 66.5 Å². The van der Waals surface area contributed by atoms with Crippen LogP contribution in [0.5, 0.6) is 5.75 Å². The van der Waals surface area contributed by atoms with E-state index in [1.54, 1.807) is 12.3 Å². The molecule has 2 aromatic rings. The molecule has 0 saturated carbocycles. The highest BCUT2D eigenvalue weighted by Gasteiger charge is 2.01. The molecule has 3 heteroatoms. The Kier molecular flexibility index (Phi) is 3.50. The molecular weight excluding hydrogens is 217 g/mol. The van der Waals surface area contributed by atoms with Crippen LogP contribution >= 0.6 is 0 Å². The fourth-order valence-corrected chi connectivity index (χ4v) is 1.39. The maximum atomic E-state index is 12.9. The second-order valence-corrected chi connectivity index (χ2v) is 3.59. The van der Waals surface area contributed by atoms with Crippen LogP contribution < -0.4 is 4.74 Å². The Hall–Kier alpha value is -2.16. The summed E-state index contributed by atoms with van der Waals surface area (Å²) in [6.07, 6.45) is 2.97. The zero-order valence-electron chi connectivity index (χ0n) is 9.27. The lowest BCUT2D eigenvalue weighted by Crippen LogP contribution is -1.96. The first-order chi connectivity index (χ1) is 8.25. The van der Waals surface area contributed by atoms with Gasteiger partial charge in [-0.15, -0.1) is 0 Å². The largest absolute Gasteiger partial charge is 0.487 e. The number of hydrogen-bond donors (Lipinski definition) is 0. The van der Waals surface area contributed by atoms with Gasteiger partial charge in [0.1, 0.15) is 18.2 Å². The lowest BCUT2D eigenvalue weighted by molar-refractivity contribution is 0.305. The van der Waals surface area contributed by atoms with E-state index in [1.807, 2.05) is 30.3 Å². The lowest BCUT2D eigenvalue weighted by Gasteiger charge is -2.06. The van der Waals surface area contributed by atoms with E-state index in [4.69, 9.17) is 4.74 Å². The van der Waals surface area contributed by atoms with Gasteiger partial charge in [0.25, 0.3) is 0 Å². The third kappa shape index (κ3) is 3.14. The summed E-state index contributed by atoms with van der Waals surface area (Å²) in [6, 6.07) is 11.3. The van der Waals surface area contributed by atoms with Gasteiger partial charge in [-0.2, -0.15) is 0 Å². The predicted molar refractivity (Wildman–Crippen MR) is 65.2 cm³/mol. The minimum absolute atomic E-state index is 0.343. The highest BCUT2D eigenvalue weighted by molar-refractivity contribution is 5.56. The first-order valence-corrected chi connectivity index (χ1v) is 5.22. The van der Waals surface area contributed by atoms with Gasteiger partial charge in [0.2, 0.25) is 0 Å². The van der Waals surface area contributed by atoms with Gasteiger partial charge in [0.05, 0.1) is 6.20 Å². The summed E-state index contributed by atoms with van der Waals surface area (Å²) in [5, 5.41) is 0. The molecule has 1 heterocycles. The molecule has 0 spiro atoms. The monoisotopic (exact) mass is 229 g/mol. The Labute approximate surface area is 99.4 Å². The highest BCUT2D eigenvalue weighted by atomic mass is 19.1. The van der Waals surface area contributed by atoms with Gasteiger partial charge < -0.3 is 4.74 Å². The number of aromatic nitrogens is 1.